The molecule has 0 saturated carbocycles. The number of anilines is 1. The van der Waals surface area contributed by atoms with Crippen molar-refractivity contribution >= 4 is 34.9 Å². The van der Waals surface area contributed by atoms with Gasteiger partial charge in [0.05, 0.1) is 15.7 Å². The predicted octanol–water partition coefficient (Wildman–Crippen LogP) is 4.56. The van der Waals surface area contributed by atoms with Gasteiger partial charge in [0, 0.05) is 24.1 Å². The van der Waals surface area contributed by atoms with E-state index in [9.17, 15) is 4.79 Å². The van der Waals surface area contributed by atoms with Crippen LogP contribution >= 0.6 is 23.2 Å². The maximum absolute atomic E-state index is 12.1. The van der Waals surface area contributed by atoms with Crippen molar-refractivity contribution in [1.82, 2.24) is 20.1 Å². The van der Waals surface area contributed by atoms with Gasteiger partial charge < -0.3 is 10.6 Å². The van der Waals surface area contributed by atoms with Gasteiger partial charge in [0.15, 0.2) is 5.82 Å². The summed E-state index contributed by atoms with van der Waals surface area (Å²) in [5.74, 6) is 0.773. The van der Waals surface area contributed by atoms with E-state index in [2.05, 4.69) is 20.7 Å². The summed E-state index contributed by atoms with van der Waals surface area (Å²) in [5, 5.41) is 11.0. The van der Waals surface area contributed by atoms with Crippen LogP contribution in [0.15, 0.2) is 42.6 Å². The summed E-state index contributed by atoms with van der Waals surface area (Å²) in [6.07, 6.45) is 2.40. The number of nitrogens with zero attached hydrogens (tertiary/aromatic N) is 3. The molecule has 140 valence electrons. The standard InChI is InChI=1S/C19H19Cl2N5O/c1-12-15(13(2)26(25-12)18-5-3-4-9-22-18)8-10-23-19(27)24-14-6-7-16(20)17(21)11-14/h3-7,9,11H,8,10H2,1-2H3,(H2,23,24,27). The summed E-state index contributed by atoms with van der Waals surface area (Å²) >= 11 is 11.8. The van der Waals surface area contributed by atoms with Crippen molar-refractivity contribution in [2.24, 2.45) is 0 Å². The minimum Gasteiger partial charge on any atom is -0.338 e. The topological polar surface area (TPSA) is 71.8 Å². The zero-order valence-electron chi connectivity index (χ0n) is 15.0. The molecule has 0 spiro atoms. The fourth-order valence-corrected chi connectivity index (χ4v) is 3.09. The van der Waals surface area contributed by atoms with Crippen LogP contribution in [0.3, 0.4) is 0 Å². The van der Waals surface area contributed by atoms with Gasteiger partial charge in [0.2, 0.25) is 0 Å². The molecular formula is C19H19Cl2N5O. The Kier molecular flexibility index (Phi) is 5.98. The molecule has 2 heterocycles. The molecule has 0 atom stereocenters. The largest absolute Gasteiger partial charge is 0.338 e. The molecule has 0 radical (unpaired) electrons. The molecule has 6 nitrogen and oxygen atoms in total. The fourth-order valence-electron chi connectivity index (χ4n) is 2.79. The average Bonchev–Trinajstić information content (AvgIpc) is 2.93. The van der Waals surface area contributed by atoms with Crippen molar-refractivity contribution in [2.45, 2.75) is 20.3 Å². The second-order valence-corrected chi connectivity index (χ2v) is 6.82. The minimum absolute atomic E-state index is 0.305. The summed E-state index contributed by atoms with van der Waals surface area (Å²) in [5.41, 5.74) is 3.61. The van der Waals surface area contributed by atoms with E-state index >= 15 is 0 Å². The number of nitrogens with one attached hydrogen (secondary N) is 2. The third kappa shape index (κ3) is 4.59. The first kappa shape index (κ1) is 19.2. The van der Waals surface area contributed by atoms with Crippen LogP contribution in [0.2, 0.25) is 10.0 Å². The van der Waals surface area contributed by atoms with Gasteiger partial charge in [-0.15, -0.1) is 0 Å². The summed E-state index contributed by atoms with van der Waals surface area (Å²) in [4.78, 5) is 16.4. The number of hydrogen-bond donors (Lipinski definition) is 2. The smallest absolute Gasteiger partial charge is 0.319 e. The Hall–Kier alpha value is -2.57. The van der Waals surface area contributed by atoms with Crippen LogP contribution in [0, 0.1) is 13.8 Å². The van der Waals surface area contributed by atoms with Crippen molar-refractivity contribution < 1.29 is 4.79 Å². The highest BCUT2D eigenvalue weighted by Gasteiger charge is 2.13. The van der Waals surface area contributed by atoms with Gasteiger partial charge in [-0.2, -0.15) is 5.10 Å². The fraction of sp³-hybridized carbons (Fsp3) is 0.211. The Labute approximate surface area is 167 Å². The van der Waals surface area contributed by atoms with Crippen LogP contribution in [0.4, 0.5) is 10.5 Å². The zero-order valence-corrected chi connectivity index (χ0v) is 16.5. The van der Waals surface area contributed by atoms with E-state index in [0.29, 0.717) is 28.7 Å². The molecule has 2 N–H and O–H groups in total. The number of aryl methyl sites for hydroxylation is 1. The molecule has 3 rings (SSSR count). The highest BCUT2D eigenvalue weighted by Crippen LogP contribution is 2.25. The molecule has 0 aliphatic carbocycles. The molecule has 2 amide bonds. The van der Waals surface area contributed by atoms with Crippen molar-refractivity contribution in [1.29, 1.82) is 0 Å². The number of amides is 2. The van der Waals surface area contributed by atoms with E-state index < -0.39 is 0 Å². The van der Waals surface area contributed by atoms with Gasteiger partial charge in [0.1, 0.15) is 0 Å². The SMILES string of the molecule is Cc1nn(-c2ccccn2)c(C)c1CCNC(=O)Nc1ccc(Cl)c(Cl)c1. The minimum atomic E-state index is -0.305. The highest BCUT2D eigenvalue weighted by molar-refractivity contribution is 6.42. The quantitative estimate of drug-likeness (QED) is 0.655. The van der Waals surface area contributed by atoms with E-state index in [-0.39, 0.29) is 6.03 Å². The first-order valence-electron chi connectivity index (χ1n) is 8.42. The van der Waals surface area contributed by atoms with Crippen molar-refractivity contribution in [3.63, 3.8) is 0 Å². The third-order valence-corrected chi connectivity index (χ3v) is 4.88. The number of pyridine rings is 1. The van der Waals surface area contributed by atoms with Gasteiger partial charge in [-0.25, -0.2) is 14.5 Å². The summed E-state index contributed by atoms with van der Waals surface area (Å²) in [6.45, 7) is 4.43. The summed E-state index contributed by atoms with van der Waals surface area (Å²) in [6, 6.07) is 10.3. The molecule has 0 aliphatic rings. The summed E-state index contributed by atoms with van der Waals surface area (Å²) in [7, 11) is 0. The number of urea groups is 1. The third-order valence-electron chi connectivity index (χ3n) is 4.15. The highest BCUT2D eigenvalue weighted by atomic mass is 35.5. The van der Waals surface area contributed by atoms with Crippen LogP contribution in [0.5, 0.6) is 0 Å². The van der Waals surface area contributed by atoms with Gasteiger partial charge >= 0.3 is 6.03 Å². The number of halogens is 2. The maximum atomic E-state index is 12.1. The molecule has 27 heavy (non-hydrogen) atoms. The molecule has 8 heteroatoms. The van der Waals surface area contributed by atoms with Crippen molar-refractivity contribution in [3.8, 4) is 5.82 Å². The van der Waals surface area contributed by atoms with Crippen LogP contribution in [-0.4, -0.2) is 27.3 Å². The molecule has 0 fully saturated rings. The van der Waals surface area contributed by atoms with Crippen LogP contribution in [0.1, 0.15) is 17.0 Å². The molecule has 0 aliphatic heterocycles. The Morgan fingerprint density at radius 1 is 1.15 bits per heavy atom. The molecule has 3 aromatic rings. The number of carbonyl (C=O) groups is 1. The van der Waals surface area contributed by atoms with Crippen molar-refractivity contribution in [3.05, 3.63) is 69.6 Å². The van der Waals surface area contributed by atoms with Gasteiger partial charge in [0.25, 0.3) is 0 Å². The van der Waals surface area contributed by atoms with Gasteiger partial charge in [-0.3, -0.25) is 0 Å². The van der Waals surface area contributed by atoms with Crippen molar-refractivity contribution in [2.75, 3.05) is 11.9 Å². The molecule has 2 aromatic heterocycles. The predicted molar refractivity (Wildman–Crippen MR) is 108 cm³/mol. The van der Waals surface area contributed by atoms with Gasteiger partial charge in [-0.1, -0.05) is 29.3 Å². The number of benzene rings is 1. The first-order chi connectivity index (χ1) is 13.0. The zero-order chi connectivity index (χ0) is 19.4. The normalized spacial score (nSPS) is 10.7. The maximum Gasteiger partial charge on any atom is 0.319 e. The van der Waals surface area contributed by atoms with Gasteiger partial charge in [-0.05, 0) is 56.2 Å². The number of carbonyl (C=O) groups excluding carboxylic acids is 1. The molecule has 0 bridgehead atoms. The van der Waals surface area contributed by atoms with Crippen LogP contribution < -0.4 is 10.6 Å². The lowest BCUT2D eigenvalue weighted by molar-refractivity contribution is 0.252. The Balaban J connectivity index is 1.59. The van der Waals surface area contributed by atoms with E-state index in [1.807, 2.05) is 36.7 Å². The Bertz CT molecular complexity index is 956. The lowest BCUT2D eigenvalue weighted by Crippen LogP contribution is -2.30. The number of aromatic nitrogens is 3. The number of rotatable bonds is 5. The second kappa shape index (κ2) is 8.41. The van der Waals surface area contributed by atoms with E-state index in [0.717, 1.165) is 22.8 Å². The van der Waals surface area contributed by atoms with Crippen LogP contribution in [0.25, 0.3) is 5.82 Å². The average molecular weight is 404 g/mol. The second-order valence-electron chi connectivity index (χ2n) is 6.01. The molecule has 0 unspecified atom stereocenters. The lowest BCUT2D eigenvalue weighted by atomic mass is 10.1. The number of hydrogen-bond acceptors (Lipinski definition) is 3. The molecular weight excluding hydrogens is 385 g/mol. The Morgan fingerprint density at radius 3 is 2.67 bits per heavy atom. The van der Waals surface area contributed by atoms with E-state index in [1.54, 1.807) is 24.4 Å². The first-order valence-corrected chi connectivity index (χ1v) is 9.17. The Morgan fingerprint density at radius 2 is 1.96 bits per heavy atom. The van der Waals surface area contributed by atoms with E-state index in [4.69, 9.17) is 23.2 Å². The van der Waals surface area contributed by atoms with E-state index in [1.165, 1.54) is 0 Å². The monoisotopic (exact) mass is 403 g/mol. The lowest BCUT2D eigenvalue weighted by Gasteiger charge is -2.09. The van der Waals surface area contributed by atoms with Crippen LogP contribution in [-0.2, 0) is 6.42 Å². The molecule has 1 aromatic carbocycles. The summed E-state index contributed by atoms with van der Waals surface area (Å²) < 4.78 is 1.82. The molecule has 0 saturated heterocycles.